The third kappa shape index (κ3) is 9.44. The second-order valence-corrected chi connectivity index (χ2v) is 4.88. The predicted molar refractivity (Wildman–Crippen MR) is 75.3 cm³/mol. The standard InChI is InChI=1S/C15H22F3NO2/c1-20-8-7-19-10-14(11-21-12-15(16,17)18)9-13-5-3-2-4-6-13/h2-6,14,19H,7-12H2,1H3. The van der Waals surface area contributed by atoms with Crippen molar-refractivity contribution in [2.75, 3.05) is 40.0 Å². The molecule has 1 rings (SSSR count). The number of benzene rings is 1. The van der Waals surface area contributed by atoms with Crippen LogP contribution < -0.4 is 5.32 Å². The molecule has 1 aromatic rings. The van der Waals surface area contributed by atoms with Crippen LogP contribution in [0.15, 0.2) is 30.3 Å². The highest BCUT2D eigenvalue weighted by Gasteiger charge is 2.27. The van der Waals surface area contributed by atoms with Crippen LogP contribution in [0.1, 0.15) is 5.56 Å². The number of alkyl halides is 3. The number of hydrogen-bond donors (Lipinski definition) is 1. The van der Waals surface area contributed by atoms with E-state index in [0.717, 1.165) is 5.56 Å². The molecule has 0 fully saturated rings. The Morgan fingerprint density at radius 3 is 2.52 bits per heavy atom. The number of nitrogens with one attached hydrogen (secondary N) is 1. The van der Waals surface area contributed by atoms with Gasteiger partial charge in [0, 0.05) is 20.2 Å². The second kappa shape index (κ2) is 9.76. The second-order valence-electron chi connectivity index (χ2n) is 4.88. The maximum absolute atomic E-state index is 12.1. The van der Waals surface area contributed by atoms with Crippen LogP contribution in [0.2, 0.25) is 0 Å². The Labute approximate surface area is 123 Å². The summed E-state index contributed by atoms with van der Waals surface area (Å²) < 4.78 is 46.1. The Hall–Kier alpha value is -1.11. The summed E-state index contributed by atoms with van der Waals surface area (Å²) in [5.41, 5.74) is 1.09. The summed E-state index contributed by atoms with van der Waals surface area (Å²) in [6.07, 6.45) is -3.60. The molecule has 0 spiro atoms. The van der Waals surface area contributed by atoms with Crippen LogP contribution in [0.25, 0.3) is 0 Å². The van der Waals surface area contributed by atoms with Crippen molar-refractivity contribution in [3.8, 4) is 0 Å². The Kier molecular flexibility index (Phi) is 8.34. The van der Waals surface area contributed by atoms with E-state index in [-0.39, 0.29) is 12.5 Å². The van der Waals surface area contributed by atoms with Gasteiger partial charge >= 0.3 is 6.18 Å². The summed E-state index contributed by atoms with van der Waals surface area (Å²) >= 11 is 0. The fraction of sp³-hybridized carbons (Fsp3) is 0.600. The van der Waals surface area contributed by atoms with Gasteiger partial charge in [0.15, 0.2) is 0 Å². The van der Waals surface area contributed by atoms with Crippen LogP contribution in [-0.2, 0) is 15.9 Å². The lowest BCUT2D eigenvalue weighted by Gasteiger charge is -2.18. The van der Waals surface area contributed by atoms with Crippen molar-refractivity contribution < 1.29 is 22.6 Å². The van der Waals surface area contributed by atoms with Gasteiger partial charge in [0.05, 0.1) is 13.2 Å². The Morgan fingerprint density at radius 2 is 1.90 bits per heavy atom. The van der Waals surface area contributed by atoms with Crippen LogP contribution in [0.3, 0.4) is 0 Å². The van der Waals surface area contributed by atoms with Crippen LogP contribution >= 0.6 is 0 Å². The number of hydrogen-bond acceptors (Lipinski definition) is 3. The molecule has 0 saturated heterocycles. The zero-order chi connectivity index (χ0) is 15.6. The first-order valence-corrected chi connectivity index (χ1v) is 6.89. The summed E-state index contributed by atoms with van der Waals surface area (Å²) in [5.74, 6) is -0.00777. The van der Waals surface area contributed by atoms with E-state index in [4.69, 9.17) is 9.47 Å². The SMILES string of the molecule is COCCNCC(COCC(F)(F)F)Cc1ccccc1. The largest absolute Gasteiger partial charge is 0.411 e. The van der Waals surface area contributed by atoms with Gasteiger partial charge in [-0.15, -0.1) is 0 Å². The Balaban J connectivity index is 2.41. The molecule has 0 bridgehead atoms. The fourth-order valence-corrected chi connectivity index (χ4v) is 1.96. The predicted octanol–water partition coefficient (Wildman–Crippen LogP) is 2.66. The molecule has 0 radical (unpaired) electrons. The topological polar surface area (TPSA) is 30.5 Å². The lowest BCUT2D eigenvalue weighted by atomic mass is 10.00. The molecule has 6 heteroatoms. The first kappa shape index (κ1) is 17.9. The van der Waals surface area contributed by atoms with Gasteiger partial charge in [0.25, 0.3) is 0 Å². The van der Waals surface area contributed by atoms with Gasteiger partial charge in [-0.05, 0) is 17.9 Å². The van der Waals surface area contributed by atoms with Crippen molar-refractivity contribution in [1.82, 2.24) is 5.32 Å². The molecule has 0 aliphatic rings. The van der Waals surface area contributed by atoms with Crippen LogP contribution in [0.4, 0.5) is 13.2 Å². The highest BCUT2D eigenvalue weighted by Crippen LogP contribution is 2.16. The van der Waals surface area contributed by atoms with Crippen molar-refractivity contribution >= 4 is 0 Å². The molecule has 1 unspecified atom stereocenters. The average Bonchev–Trinajstić information content (AvgIpc) is 2.43. The van der Waals surface area contributed by atoms with Crippen LogP contribution in [0, 0.1) is 5.92 Å². The van der Waals surface area contributed by atoms with Gasteiger partial charge in [0.2, 0.25) is 0 Å². The Morgan fingerprint density at radius 1 is 1.19 bits per heavy atom. The van der Waals surface area contributed by atoms with Gasteiger partial charge in [-0.3, -0.25) is 0 Å². The van der Waals surface area contributed by atoms with E-state index in [0.29, 0.717) is 26.1 Å². The van der Waals surface area contributed by atoms with Crippen molar-refractivity contribution in [2.45, 2.75) is 12.6 Å². The molecule has 0 aliphatic carbocycles. The average molecular weight is 305 g/mol. The minimum Gasteiger partial charge on any atom is -0.383 e. The zero-order valence-corrected chi connectivity index (χ0v) is 12.2. The van der Waals surface area contributed by atoms with E-state index < -0.39 is 12.8 Å². The smallest absolute Gasteiger partial charge is 0.383 e. The summed E-state index contributed by atoms with van der Waals surface area (Å²) in [6.45, 7) is 0.712. The third-order valence-corrected chi connectivity index (χ3v) is 2.90. The van der Waals surface area contributed by atoms with E-state index in [9.17, 15) is 13.2 Å². The van der Waals surface area contributed by atoms with Crippen LogP contribution in [0.5, 0.6) is 0 Å². The number of methoxy groups -OCH3 is 1. The zero-order valence-electron chi connectivity index (χ0n) is 12.2. The van der Waals surface area contributed by atoms with Gasteiger partial charge in [-0.25, -0.2) is 0 Å². The lowest BCUT2D eigenvalue weighted by molar-refractivity contribution is -0.176. The molecule has 0 amide bonds. The number of ether oxygens (including phenoxy) is 2. The quantitative estimate of drug-likeness (QED) is 0.674. The van der Waals surface area contributed by atoms with Crippen molar-refractivity contribution in [1.29, 1.82) is 0 Å². The molecule has 1 atom stereocenters. The maximum atomic E-state index is 12.1. The third-order valence-electron chi connectivity index (χ3n) is 2.90. The highest BCUT2D eigenvalue weighted by molar-refractivity contribution is 5.15. The highest BCUT2D eigenvalue weighted by atomic mass is 19.4. The van der Waals surface area contributed by atoms with E-state index in [2.05, 4.69) is 5.32 Å². The van der Waals surface area contributed by atoms with E-state index in [1.54, 1.807) is 7.11 Å². The van der Waals surface area contributed by atoms with Gasteiger partial charge in [0.1, 0.15) is 6.61 Å². The van der Waals surface area contributed by atoms with Crippen molar-refractivity contribution in [3.63, 3.8) is 0 Å². The monoisotopic (exact) mass is 305 g/mol. The molecule has 120 valence electrons. The van der Waals surface area contributed by atoms with E-state index in [1.165, 1.54) is 0 Å². The van der Waals surface area contributed by atoms with Gasteiger partial charge in [-0.2, -0.15) is 13.2 Å². The molecule has 0 saturated carbocycles. The number of halogens is 3. The fourth-order valence-electron chi connectivity index (χ4n) is 1.96. The minimum absolute atomic E-state index is 0.00777. The van der Waals surface area contributed by atoms with Crippen molar-refractivity contribution in [2.24, 2.45) is 5.92 Å². The molecule has 0 heterocycles. The summed E-state index contributed by atoms with van der Waals surface area (Å²) in [7, 11) is 1.61. The van der Waals surface area contributed by atoms with E-state index >= 15 is 0 Å². The number of rotatable bonds is 10. The molecule has 0 aromatic heterocycles. The minimum atomic E-state index is -4.28. The summed E-state index contributed by atoms with van der Waals surface area (Å²) in [6, 6.07) is 9.68. The first-order valence-electron chi connectivity index (χ1n) is 6.89. The molecular formula is C15H22F3NO2. The summed E-state index contributed by atoms with van der Waals surface area (Å²) in [5, 5.41) is 3.17. The Bertz CT molecular complexity index is 371. The molecule has 0 aliphatic heterocycles. The maximum Gasteiger partial charge on any atom is 0.411 e. The molecule has 21 heavy (non-hydrogen) atoms. The molecule has 3 nitrogen and oxygen atoms in total. The molecular weight excluding hydrogens is 283 g/mol. The first-order chi connectivity index (χ1) is 10.0. The molecule has 1 N–H and O–H groups in total. The van der Waals surface area contributed by atoms with E-state index in [1.807, 2.05) is 30.3 Å². The van der Waals surface area contributed by atoms with Crippen molar-refractivity contribution in [3.05, 3.63) is 35.9 Å². The lowest BCUT2D eigenvalue weighted by Crippen LogP contribution is -2.31. The molecule has 1 aromatic carbocycles. The summed E-state index contributed by atoms with van der Waals surface area (Å²) in [4.78, 5) is 0. The van der Waals surface area contributed by atoms with Crippen LogP contribution in [-0.4, -0.2) is 46.2 Å². The van der Waals surface area contributed by atoms with Gasteiger partial charge in [-0.1, -0.05) is 30.3 Å². The van der Waals surface area contributed by atoms with Gasteiger partial charge < -0.3 is 14.8 Å². The normalized spacial score (nSPS) is 13.3.